The summed E-state index contributed by atoms with van der Waals surface area (Å²) in [6.45, 7) is 4.81. The molecule has 0 amide bonds. The van der Waals surface area contributed by atoms with Gasteiger partial charge in [0.1, 0.15) is 5.82 Å². The van der Waals surface area contributed by atoms with Crippen molar-refractivity contribution in [2.75, 3.05) is 11.9 Å². The lowest BCUT2D eigenvalue weighted by Crippen LogP contribution is -2.03. The van der Waals surface area contributed by atoms with Crippen molar-refractivity contribution >= 4 is 12.0 Å². The first kappa shape index (κ1) is 8.71. The average Bonchev–Trinajstić information content (AvgIpc) is 2.08. The van der Waals surface area contributed by atoms with E-state index >= 15 is 0 Å². The van der Waals surface area contributed by atoms with Gasteiger partial charge in [-0.15, -0.1) is 0 Å². The molecule has 0 aliphatic heterocycles. The fourth-order valence-electron chi connectivity index (χ4n) is 1.02. The van der Waals surface area contributed by atoms with Crippen LogP contribution in [0, 0.1) is 12.3 Å². The van der Waals surface area contributed by atoms with E-state index in [0.29, 0.717) is 0 Å². The minimum atomic E-state index is 0.790. The van der Waals surface area contributed by atoms with Crippen LogP contribution in [0.5, 0.6) is 0 Å². The van der Waals surface area contributed by atoms with Gasteiger partial charge in [-0.2, -0.15) is 0 Å². The van der Waals surface area contributed by atoms with Gasteiger partial charge in [-0.3, -0.25) is 0 Å². The Kier molecular flexibility index (Phi) is 2.80. The maximum atomic E-state index is 7.15. The molecule has 0 bridgehead atoms. The number of hydrogen-bond acceptors (Lipinski definition) is 3. The topological polar surface area (TPSA) is 48.8 Å². The number of aryl methyl sites for hydroxylation is 1. The molecule has 0 aliphatic carbocycles. The van der Waals surface area contributed by atoms with E-state index in [1.165, 1.54) is 6.21 Å². The Morgan fingerprint density at radius 1 is 1.67 bits per heavy atom. The fraction of sp³-hybridized carbons (Fsp3) is 0.333. The van der Waals surface area contributed by atoms with Crippen molar-refractivity contribution in [1.82, 2.24) is 4.98 Å². The number of nitrogens with zero attached hydrogens (tertiary/aromatic N) is 1. The lowest BCUT2D eigenvalue weighted by Gasteiger charge is -2.05. The highest BCUT2D eigenvalue weighted by Gasteiger charge is 1.99. The van der Waals surface area contributed by atoms with E-state index in [1.807, 2.05) is 19.9 Å². The minimum absolute atomic E-state index is 0.790. The zero-order valence-corrected chi connectivity index (χ0v) is 7.39. The summed E-state index contributed by atoms with van der Waals surface area (Å²) in [7, 11) is 0. The maximum absolute atomic E-state index is 7.15. The van der Waals surface area contributed by atoms with Gasteiger partial charge in [0.15, 0.2) is 0 Å². The number of nitrogens with one attached hydrogen (secondary N) is 2. The van der Waals surface area contributed by atoms with Gasteiger partial charge in [-0.1, -0.05) is 0 Å². The molecule has 0 aromatic carbocycles. The Hall–Kier alpha value is -1.38. The monoisotopic (exact) mass is 163 g/mol. The van der Waals surface area contributed by atoms with E-state index in [9.17, 15) is 0 Å². The molecule has 0 spiro atoms. The predicted molar refractivity (Wildman–Crippen MR) is 51.0 cm³/mol. The summed E-state index contributed by atoms with van der Waals surface area (Å²) in [4.78, 5) is 4.18. The van der Waals surface area contributed by atoms with Crippen LogP contribution in [0.2, 0.25) is 0 Å². The lowest BCUT2D eigenvalue weighted by molar-refractivity contribution is 1.14. The third-order valence-corrected chi connectivity index (χ3v) is 1.55. The Morgan fingerprint density at radius 3 is 3.00 bits per heavy atom. The molecule has 3 heteroatoms. The van der Waals surface area contributed by atoms with Crippen LogP contribution in [-0.2, 0) is 0 Å². The summed E-state index contributed by atoms with van der Waals surface area (Å²) in [5, 5.41) is 10.2. The average molecular weight is 163 g/mol. The van der Waals surface area contributed by atoms with Crippen molar-refractivity contribution in [3.8, 4) is 0 Å². The van der Waals surface area contributed by atoms with Crippen LogP contribution in [0.25, 0.3) is 0 Å². The van der Waals surface area contributed by atoms with E-state index in [1.54, 1.807) is 6.20 Å². The highest BCUT2D eigenvalue weighted by molar-refractivity contribution is 5.84. The number of aromatic nitrogens is 1. The van der Waals surface area contributed by atoms with Gasteiger partial charge in [-0.05, 0) is 25.5 Å². The summed E-state index contributed by atoms with van der Waals surface area (Å²) >= 11 is 0. The van der Waals surface area contributed by atoms with Gasteiger partial charge in [0.25, 0.3) is 0 Å². The van der Waals surface area contributed by atoms with Crippen LogP contribution in [0.15, 0.2) is 12.3 Å². The third-order valence-electron chi connectivity index (χ3n) is 1.55. The molecule has 1 aromatic rings. The number of pyridine rings is 1. The van der Waals surface area contributed by atoms with Gasteiger partial charge in [0.05, 0.1) is 0 Å². The number of anilines is 1. The maximum Gasteiger partial charge on any atom is 0.134 e. The summed E-state index contributed by atoms with van der Waals surface area (Å²) < 4.78 is 0. The minimum Gasteiger partial charge on any atom is -0.370 e. The molecule has 0 aliphatic rings. The largest absolute Gasteiger partial charge is 0.370 e. The third kappa shape index (κ3) is 1.81. The molecule has 1 rings (SSSR count). The molecule has 3 nitrogen and oxygen atoms in total. The van der Waals surface area contributed by atoms with Gasteiger partial charge in [0.2, 0.25) is 0 Å². The van der Waals surface area contributed by atoms with E-state index in [4.69, 9.17) is 5.41 Å². The highest BCUT2D eigenvalue weighted by Crippen LogP contribution is 2.10. The van der Waals surface area contributed by atoms with Gasteiger partial charge in [0, 0.05) is 24.5 Å². The van der Waals surface area contributed by atoms with Crippen LogP contribution in [-0.4, -0.2) is 17.7 Å². The zero-order chi connectivity index (χ0) is 8.97. The lowest BCUT2D eigenvalue weighted by atomic mass is 10.2. The summed E-state index contributed by atoms with van der Waals surface area (Å²) in [5.74, 6) is 0.790. The molecule has 0 atom stereocenters. The van der Waals surface area contributed by atoms with Crippen LogP contribution in [0.3, 0.4) is 0 Å². The first-order valence-corrected chi connectivity index (χ1v) is 3.99. The number of hydrogen-bond donors (Lipinski definition) is 2. The van der Waals surface area contributed by atoms with Crippen LogP contribution >= 0.6 is 0 Å². The normalized spacial score (nSPS) is 9.50. The standard InChI is InChI=1S/C9H13N3/c1-3-11-9-8(5-10)4-7(2)6-12-9/h4-6,10H,3H2,1-2H3,(H,11,12). The van der Waals surface area contributed by atoms with Crippen LogP contribution < -0.4 is 5.32 Å². The molecule has 0 saturated heterocycles. The van der Waals surface area contributed by atoms with Crippen molar-refractivity contribution in [3.05, 3.63) is 23.4 Å². The SMILES string of the molecule is CCNc1ncc(C)cc1C=N. The quantitative estimate of drug-likeness (QED) is 0.668. The first-order chi connectivity index (χ1) is 5.77. The summed E-state index contributed by atoms with van der Waals surface area (Å²) in [5.41, 5.74) is 1.92. The molecular weight excluding hydrogens is 150 g/mol. The van der Waals surface area contributed by atoms with Gasteiger partial charge >= 0.3 is 0 Å². The second kappa shape index (κ2) is 3.85. The highest BCUT2D eigenvalue weighted by atomic mass is 15.0. The molecule has 0 saturated carbocycles. The van der Waals surface area contributed by atoms with Crippen molar-refractivity contribution in [1.29, 1.82) is 5.41 Å². The van der Waals surface area contributed by atoms with E-state index in [2.05, 4.69) is 10.3 Å². The molecule has 12 heavy (non-hydrogen) atoms. The van der Waals surface area contributed by atoms with Crippen molar-refractivity contribution < 1.29 is 0 Å². The fourth-order valence-corrected chi connectivity index (χ4v) is 1.02. The van der Waals surface area contributed by atoms with Gasteiger partial charge < -0.3 is 10.7 Å². The molecular formula is C9H13N3. The first-order valence-electron chi connectivity index (χ1n) is 3.99. The van der Waals surface area contributed by atoms with Crippen molar-refractivity contribution in [2.24, 2.45) is 0 Å². The van der Waals surface area contributed by atoms with Crippen LogP contribution in [0.4, 0.5) is 5.82 Å². The smallest absolute Gasteiger partial charge is 0.134 e. The predicted octanol–water partition coefficient (Wildman–Crippen LogP) is 1.82. The summed E-state index contributed by atoms with van der Waals surface area (Å²) in [6, 6.07) is 1.94. The molecule has 2 N–H and O–H groups in total. The zero-order valence-electron chi connectivity index (χ0n) is 7.39. The molecule has 1 aromatic heterocycles. The molecule has 64 valence electrons. The molecule has 0 fully saturated rings. The molecule has 1 heterocycles. The molecule has 0 unspecified atom stereocenters. The molecule has 0 radical (unpaired) electrons. The Morgan fingerprint density at radius 2 is 2.42 bits per heavy atom. The Bertz CT molecular complexity index is 281. The van der Waals surface area contributed by atoms with Crippen molar-refractivity contribution in [2.45, 2.75) is 13.8 Å². The second-order valence-electron chi connectivity index (χ2n) is 2.63. The van der Waals surface area contributed by atoms with E-state index in [-0.39, 0.29) is 0 Å². The number of rotatable bonds is 3. The Labute approximate surface area is 72.3 Å². The van der Waals surface area contributed by atoms with E-state index in [0.717, 1.165) is 23.5 Å². The second-order valence-corrected chi connectivity index (χ2v) is 2.63. The summed E-state index contributed by atoms with van der Waals surface area (Å²) in [6.07, 6.45) is 3.11. The van der Waals surface area contributed by atoms with Crippen LogP contribution in [0.1, 0.15) is 18.1 Å². The van der Waals surface area contributed by atoms with Gasteiger partial charge in [-0.25, -0.2) is 4.98 Å². The Balaban J connectivity index is 3.02. The van der Waals surface area contributed by atoms with E-state index < -0.39 is 0 Å². The van der Waals surface area contributed by atoms with Crippen molar-refractivity contribution in [3.63, 3.8) is 0 Å².